The fourth-order valence-electron chi connectivity index (χ4n) is 1.80. The molecule has 1 atom stereocenters. The SMILES string of the molecule is COC(=O)c1ccc2c(c1)CNC2C. The number of carbonyl (C=O) groups excluding carboxylic acids is 1. The molecule has 0 radical (unpaired) electrons. The lowest BCUT2D eigenvalue weighted by molar-refractivity contribution is 0.0600. The van der Waals surface area contributed by atoms with Crippen molar-refractivity contribution < 1.29 is 9.53 Å². The molecule has 0 spiro atoms. The van der Waals surface area contributed by atoms with Gasteiger partial charge in [0.15, 0.2) is 0 Å². The van der Waals surface area contributed by atoms with Crippen LogP contribution in [0.2, 0.25) is 0 Å². The van der Waals surface area contributed by atoms with Gasteiger partial charge >= 0.3 is 5.97 Å². The average molecular weight is 191 g/mol. The second-order valence-electron chi connectivity index (χ2n) is 3.51. The molecule has 0 saturated heterocycles. The molecule has 1 aliphatic heterocycles. The summed E-state index contributed by atoms with van der Waals surface area (Å²) in [4.78, 5) is 11.3. The average Bonchev–Trinajstić information content (AvgIpc) is 2.59. The van der Waals surface area contributed by atoms with Crippen LogP contribution in [-0.4, -0.2) is 13.1 Å². The van der Waals surface area contributed by atoms with Crippen LogP contribution >= 0.6 is 0 Å². The molecule has 0 amide bonds. The van der Waals surface area contributed by atoms with E-state index in [4.69, 9.17) is 0 Å². The van der Waals surface area contributed by atoms with Crippen molar-refractivity contribution in [1.82, 2.24) is 5.32 Å². The molecule has 1 aromatic rings. The third kappa shape index (κ3) is 1.40. The summed E-state index contributed by atoms with van der Waals surface area (Å²) < 4.78 is 4.66. The van der Waals surface area contributed by atoms with Gasteiger partial charge in [-0.25, -0.2) is 4.79 Å². The van der Waals surface area contributed by atoms with Crippen LogP contribution < -0.4 is 5.32 Å². The molecule has 1 unspecified atom stereocenters. The molecule has 74 valence electrons. The number of ether oxygens (including phenoxy) is 1. The molecule has 0 fully saturated rings. The minimum absolute atomic E-state index is 0.271. The van der Waals surface area contributed by atoms with Crippen molar-refractivity contribution in [2.24, 2.45) is 0 Å². The third-order valence-electron chi connectivity index (χ3n) is 2.63. The van der Waals surface area contributed by atoms with E-state index in [2.05, 4.69) is 17.0 Å². The second-order valence-corrected chi connectivity index (χ2v) is 3.51. The van der Waals surface area contributed by atoms with Crippen LogP contribution in [0.25, 0.3) is 0 Å². The predicted molar refractivity (Wildman–Crippen MR) is 53.0 cm³/mol. The molecule has 1 N–H and O–H groups in total. The molecule has 0 bridgehead atoms. The Kier molecular flexibility index (Phi) is 2.25. The summed E-state index contributed by atoms with van der Waals surface area (Å²) in [5, 5.41) is 3.32. The van der Waals surface area contributed by atoms with Gasteiger partial charge in [0.25, 0.3) is 0 Å². The summed E-state index contributed by atoms with van der Waals surface area (Å²) in [5.74, 6) is -0.271. The summed E-state index contributed by atoms with van der Waals surface area (Å²) >= 11 is 0. The van der Waals surface area contributed by atoms with E-state index in [1.54, 1.807) is 0 Å². The Balaban J connectivity index is 2.37. The molecule has 0 saturated carbocycles. The monoisotopic (exact) mass is 191 g/mol. The Morgan fingerprint density at radius 3 is 3.07 bits per heavy atom. The van der Waals surface area contributed by atoms with Crippen molar-refractivity contribution in [3.63, 3.8) is 0 Å². The lowest BCUT2D eigenvalue weighted by atomic mass is 10.0. The normalized spacial score (nSPS) is 19.1. The minimum atomic E-state index is -0.271. The number of methoxy groups -OCH3 is 1. The Hall–Kier alpha value is -1.35. The molecular formula is C11H13NO2. The summed E-state index contributed by atoms with van der Waals surface area (Å²) in [5.41, 5.74) is 3.10. The first kappa shape index (κ1) is 9.21. The second kappa shape index (κ2) is 3.42. The van der Waals surface area contributed by atoms with E-state index in [0.29, 0.717) is 11.6 Å². The van der Waals surface area contributed by atoms with Crippen LogP contribution in [0, 0.1) is 0 Å². The van der Waals surface area contributed by atoms with E-state index in [0.717, 1.165) is 6.54 Å². The highest BCUT2D eigenvalue weighted by Gasteiger charge is 2.18. The first-order valence-electron chi connectivity index (χ1n) is 4.67. The summed E-state index contributed by atoms with van der Waals surface area (Å²) in [6.45, 7) is 2.95. The predicted octanol–water partition coefficient (Wildman–Crippen LogP) is 1.64. The minimum Gasteiger partial charge on any atom is -0.465 e. The van der Waals surface area contributed by atoms with Crippen molar-refractivity contribution in [1.29, 1.82) is 0 Å². The molecule has 0 aliphatic carbocycles. The van der Waals surface area contributed by atoms with Crippen LogP contribution in [0.3, 0.4) is 0 Å². The Labute approximate surface area is 83.1 Å². The van der Waals surface area contributed by atoms with E-state index in [9.17, 15) is 4.79 Å². The molecule has 1 aliphatic rings. The van der Waals surface area contributed by atoms with Crippen LogP contribution in [0.15, 0.2) is 18.2 Å². The molecule has 0 aromatic heterocycles. The zero-order valence-corrected chi connectivity index (χ0v) is 8.33. The molecule has 2 rings (SSSR count). The fraction of sp³-hybridized carbons (Fsp3) is 0.364. The van der Waals surface area contributed by atoms with Gasteiger partial charge in [0.1, 0.15) is 0 Å². The van der Waals surface area contributed by atoms with Gasteiger partial charge in [-0.05, 0) is 30.2 Å². The largest absolute Gasteiger partial charge is 0.465 e. The molecular weight excluding hydrogens is 178 g/mol. The lowest BCUT2D eigenvalue weighted by Gasteiger charge is -2.05. The van der Waals surface area contributed by atoms with Crippen LogP contribution in [0.1, 0.15) is 34.5 Å². The van der Waals surface area contributed by atoms with Crippen molar-refractivity contribution in [2.45, 2.75) is 19.5 Å². The van der Waals surface area contributed by atoms with Crippen molar-refractivity contribution in [3.8, 4) is 0 Å². The highest BCUT2D eigenvalue weighted by molar-refractivity contribution is 5.89. The number of esters is 1. The zero-order chi connectivity index (χ0) is 10.1. The highest BCUT2D eigenvalue weighted by atomic mass is 16.5. The number of hydrogen-bond donors (Lipinski definition) is 1. The van der Waals surface area contributed by atoms with Crippen LogP contribution in [-0.2, 0) is 11.3 Å². The zero-order valence-electron chi connectivity index (χ0n) is 8.33. The molecule has 1 aromatic carbocycles. The van der Waals surface area contributed by atoms with Gasteiger partial charge in [0.2, 0.25) is 0 Å². The quantitative estimate of drug-likeness (QED) is 0.686. The first-order chi connectivity index (χ1) is 6.72. The molecule has 3 heteroatoms. The molecule has 1 heterocycles. The number of carbonyl (C=O) groups is 1. The maximum atomic E-state index is 11.3. The van der Waals surface area contributed by atoms with Gasteiger partial charge in [-0.2, -0.15) is 0 Å². The van der Waals surface area contributed by atoms with Crippen molar-refractivity contribution in [3.05, 3.63) is 34.9 Å². The van der Waals surface area contributed by atoms with E-state index in [-0.39, 0.29) is 5.97 Å². The Morgan fingerprint density at radius 2 is 2.36 bits per heavy atom. The van der Waals surface area contributed by atoms with E-state index in [1.165, 1.54) is 18.2 Å². The number of rotatable bonds is 1. The molecule has 14 heavy (non-hydrogen) atoms. The molecule has 3 nitrogen and oxygen atoms in total. The summed E-state index contributed by atoms with van der Waals surface area (Å²) in [6, 6.07) is 6.09. The number of hydrogen-bond acceptors (Lipinski definition) is 3. The van der Waals surface area contributed by atoms with Crippen molar-refractivity contribution in [2.75, 3.05) is 7.11 Å². The Morgan fingerprint density at radius 1 is 1.57 bits per heavy atom. The topological polar surface area (TPSA) is 38.3 Å². The number of fused-ring (bicyclic) bond motifs is 1. The van der Waals surface area contributed by atoms with E-state index in [1.807, 2.05) is 18.2 Å². The van der Waals surface area contributed by atoms with Gasteiger partial charge < -0.3 is 10.1 Å². The van der Waals surface area contributed by atoms with Crippen LogP contribution in [0.5, 0.6) is 0 Å². The highest BCUT2D eigenvalue weighted by Crippen LogP contribution is 2.25. The number of nitrogens with one attached hydrogen (secondary N) is 1. The maximum Gasteiger partial charge on any atom is 0.337 e. The van der Waals surface area contributed by atoms with E-state index >= 15 is 0 Å². The third-order valence-corrected chi connectivity index (χ3v) is 2.63. The van der Waals surface area contributed by atoms with Gasteiger partial charge in [-0.3, -0.25) is 0 Å². The van der Waals surface area contributed by atoms with E-state index < -0.39 is 0 Å². The first-order valence-corrected chi connectivity index (χ1v) is 4.67. The fourth-order valence-corrected chi connectivity index (χ4v) is 1.80. The summed E-state index contributed by atoms with van der Waals surface area (Å²) in [6.07, 6.45) is 0. The lowest BCUT2D eigenvalue weighted by Crippen LogP contribution is -2.06. The smallest absolute Gasteiger partial charge is 0.337 e. The van der Waals surface area contributed by atoms with Crippen LogP contribution in [0.4, 0.5) is 0 Å². The van der Waals surface area contributed by atoms with Gasteiger partial charge in [0.05, 0.1) is 12.7 Å². The van der Waals surface area contributed by atoms with Gasteiger partial charge in [0, 0.05) is 12.6 Å². The summed E-state index contributed by atoms with van der Waals surface area (Å²) in [7, 11) is 1.40. The maximum absolute atomic E-state index is 11.3. The number of benzene rings is 1. The Bertz CT molecular complexity index is 374. The van der Waals surface area contributed by atoms with Gasteiger partial charge in [-0.1, -0.05) is 6.07 Å². The standard InChI is InChI=1S/C11H13NO2/c1-7-10-4-3-8(11(13)14-2)5-9(10)6-12-7/h3-5,7,12H,6H2,1-2H3. The van der Waals surface area contributed by atoms with Crippen molar-refractivity contribution >= 4 is 5.97 Å². The van der Waals surface area contributed by atoms with Gasteiger partial charge in [-0.15, -0.1) is 0 Å².